The molecule has 0 saturated carbocycles. The predicted octanol–water partition coefficient (Wildman–Crippen LogP) is 3.70. The molecule has 6 nitrogen and oxygen atoms in total. The van der Waals surface area contributed by atoms with Crippen LogP contribution in [0, 0.1) is 17.1 Å². The van der Waals surface area contributed by atoms with E-state index in [0.29, 0.717) is 18.0 Å². The lowest BCUT2D eigenvalue weighted by Crippen LogP contribution is -2.28. The monoisotopic (exact) mass is 413 g/mol. The van der Waals surface area contributed by atoms with Crippen LogP contribution in [0.2, 0.25) is 0 Å². The number of benzene rings is 2. The Kier molecular flexibility index (Phi) is 8.19. The van der Waals surface area contributed by atoms with Crippen LogP contribution in [-0.2, 0) is 16.6 Å². The summed E-state index contributed by atoms with van der Waals surface area (Å²) in [6.07, 6.45) is 1.59. The van der Waals surface area contributed by atoms with E-state index in [1.807, 2.05) is 30.3 Å². The topological polar surface area (TPSA) is 94.4 Å². The van der Waals surface area contributed by atoms with Crippen LogP contribution in [-0.4, -0.2) is 37.8 Å². The Balaban J connectivity index is 1.77. The molecule has 0 unspecified atom stereocenters. The second-order valence-corrected chi connectivity index (χ2v) is 7.56. The molecule has 0 fully saturated rings. The molecule has 0 bridgehead atoms. The lowest BCUT2D eigenvalue weighted by atomic mass is 9.84. The largest absolute Gasteiger partial charge is 0.493 e. The summed E-state index contributed by atoms with van der Waals surface area (Å²) in [5, 5.41) is 24.9. The minimum Gasteiger partial charge on any atom is -0.493 e. The standard InChI is InChI=1S/C23H28FN3O3/c1-23(2,22(28)29)18-7-4-6-16(12-18)8-11-26-9-5-10-27-20-14-19(24)13-17(15-25)21(20)30-3/h4,6-7,12-14,26-27H,5,8-11H2,1-3H3,(H,28,29). The Labute approximate surface area is 176 Å². The summed E-state index contributed by atoms with van der Waals surface area (Å²) in [6, 6.07) is 12.1. The predicted molar refractivity (Wildman–Crippen MR) is 114 cm³/mol. The van der Waals surface area contributed by atoms with Gasteiger partial charge in [0.1, 0.15) is 11.9 Å². The maximum Gasteiger partial charge on any atom is 0.313 e. The van der Waals surface area contributed by atoms with Crippen molar-refractivity contribution in [3.05, 3.63) is 58.9 Å². The molecule has 30 heavy (non-hydrogen) atoms. The third-order valence-electron chi connectivity index (χ3n) is 5.00. The number of methoxy groups -OCH3 is 1. The molecule has 0 amide bonds. The van der Waals surface area contributed by atoms with E-state index >= 15 is 0 Å². The molecule has 0 heterocycles. The van der Waals surface area contributed by atoms with Gasteiger partial charge in [0.05, 0.1) is 23.8 Å². The summed E-state index contributed by atoms with van der Waals surface area (Å²) in [6.45, 7) is 5.52. The summed E-state index contributed by atoms with van der Waals surface area (Å²) >= 11 is 0. The van der Waals surface area contributed by atoms with E-state index in [-0.39, 0.29) is 5.56 Å². The zero-order valence-corrected chi connectivity index (χ0v) is 17.6. The van der Waals surface area contributed by atoms with Gasteiger partial charge in [0.15, 0.2) is 5.75 Å². The fourth-order valence-electron chi connectivity index (χ4n) is 3.06. The first-order chi connectivity index (χ1) is 14.3. The van der Waals surface area contributed by atoms with Gasteiger partial charge in [-0.15, -0.1) is 0 Å². The summed E-state index contributed by atoms with van der Waals surface area (Å²) in [5.41, 5.74) is 1.58. The van der Waals surface area contributed by atoms with Crippen LogP contribution in [0.15, 0.2) is 36.4 Å². The molecular formula is C23H28FN3O3. The van der Waals surface area contributed by atoms with Crippen LogP contribution in [0.5, 0.6) is 5.75 Å². The third-order valence-corrected chi connectivity index (χ3v) is 5.00. The maximum absolute atomic E-state index is 13.6. The molecule has 0 aromatic heterocycles. The SMILES string of the molecule is COc1c(C#N)cc(F)cc1NCCCNCCc1cccc(C(C)(C)C(=O)O)c1. The first-order valence-corrected chi connectivity index (χ1v) is 9.84. The summed E-state index contributed by atoms with van der Waals surface area (Å²) in [7, 11) is 1.45. The zero-order chi connectivity index (χ0) is 22.1. The highest BCUT2D eigenvalue weighted by molar-refractivity contribution is 5.80. The number of carboxylic acids is 1. The van der Waals surface area contributed by atoms with E-state index in [2.05, 4.69) is 10.6 Å². The van der Waals surface area contributed by atoms with Gasteiger partial charge in [-0.05, 0) is 57.0 Å². The van der Waals surface area contributed by atoms with Crippen molar-refractivity contribution in [2.45, 2.75) is 32.1 Å². The number of nitrogens with zero attached hydrogens (tertiary/aromatic N) is 1. The number of rotatable bonds is 11. The lowest BCUT2D eigenvalue weighted by molar-refractivity contribution is -0.142. The first-order valence-electron chi connectivity index (χ1n) is 9.84. The van der Waals surface area contributed by atoms with Crippen molar-refractivity contribution < 1.29 is 19.0 Å². The molecule has 2 aromatic carbocycles. The van der Waals surface area contributed by atoms with Gasteiger partial charge in [0.25, 0.3) is 0 Å². The van der Waals surface area contributed by atoms with Gasteiger partial charge in [0.2, 0.25) is 0 Å². The van der Waals surface area contributed by atoms with E-state index in [1.165, 1.54) is 13.2 Å². The number of aliphatic carboxylic acids is 1. The fraction of sp³-hybridized carbons (Fsp3) is 0.391. The molecule has 2 rings (SSSR count). The first kappa shape index (κ1) is 23.2. The molecule has 0 aliphatic carbocycles. The second kappa shape index (κ2) is 10.6. The average molecular weight is 413 g/mol. The molecule has 0 radical (unpaired) electrons. The smallest absolute Gasteiger partial charge is 0.313 e. The molecule has 7 heteroatoms. The quantitative estimate of drug-likeness (QED) is 0.486. The molecule has 0 saturated heterocycles. The number of carbonyl (C=O) groups is 1. The highest BCUT2D eigenvalue weighted by atomic mass is 19.1. The normalized spacial score (nSPS) is 11.0. The van der Waals surface area contributed by atoms with Crippen molar-refractivity contribution in [1.29, 1.82) is 5.26 Å². The fourth-order valence-corrected chi connectivity index (χ4v) is 3.06. The van der Waals surface area contributed by atoms with Gasteiger partial charge >= 0.3 is 5.97 Å². The van der Waals surface area contributed by atoms with Crippen LogP contribution in [0.3, 0.4) is 0 Å². The minimum atomic E-state index is -0.918. The van der Waals surface area contributed by atoms with Crippen molar-refractivity contribution in [3.8, 4) is 11.8 Å². The number of hydrogen-bond donors (Lipinski definition) is 3. The Hall–Kier alpha value is -3.11. The van der Waals surface area contributed by atoms with Crippen LogP contribution in [0.1, 0.15) is 37.0 Å². The van der Waals surface area contributed by atoms with E-state index in [0.717, 1.165) is 43.1 Å². The van der Waals surface area contributed by atoms with Crippen molar-refractivity contribution in [2.75, 3.05) is 32.1 Å². The summed E-state index contributed by atoms with van der Waals surface area (Å²) in [4.78, 5) is 11.4. The number of ether oxygens (including phenoxy) is 1. The van der Waals surface area contributed by atoms with Gasteiger partial charge in [-0.3, -0.25) is 4.79 Å². The van der Waals surface area contributed by atoms with E-state index in [9.17, 15) is 14.3 Å². The highest BCUT2D eigenvalue weighted by Gasteiger charge is 2.29. The maximum atomic E-state index is 13.6. The third kappa shape index (κ3) is 5.94. The van der Waals surface area contributed by atoms with Gasteiger partial charge in [-0.25, -0.2) is 4.39 Å². The molecule has 2 aromatic rings. The average Bonchev–Trinajstić information content (AvgIpc) is 2.72. The van der Waals surface area contributed by atoms with Gasteiger partial charge < -0.3 is 20.5 Å². The number of nitriles is 1. The number of carboxylic acid groups (broad SMARTS) is 1. The number of halogens is 1. The molecule has 160 valence electrons. The molecule has 0 aliphatic rings. The number of anilines is 1. The second-order valence-electron chi connectivity index (χ2n) is 7.56. The molecule has 0 atom stereocenters. The number of nitrogens with one attached hydrogen (secondary N) is 2. The van der Waals surface area contributed by atoms with Crippen molar-refractivity contribution >= 4 is 11.7 Å². The van der Waals surface area contributed by atoms with Crippen molar-refractivity contribution in [3.63, 3.8) is 0 Å². The van der Waals surface area contributed by atoms with Gasteiger partial charge in [-0.2, -0.15) is 5.26 Å². The molecule has 0 aliphatic heterocycles. The summed E-state index contributed by atoms with van der Waals surface area (Å²) in [5.74, 6) is -0.987. The molecule has 0 spiro atoms. The summed E-state index contributed by atoms with van der Waals surface area (Å²) < 4.78 is 18.8. The lowest BCUT2D eigenvalue weighted by Gasteiger charge is -2.20. The van der Waals surface area contributed by atoms with E-state index in [4.69, 9.17) is 10.00 Å². The van der Waals surface area contributed by atoms with E-state index < -0.39 is 17.2 Å². The zero-order valence-electron chi connectivity index (χ0n) is 17.6. The molecular weight excluding hydrogens is 385 g/mol. The van der Waals surface area contributed by atoms with Crippen LogP contribution in [0.25, 0.3) is 0 Å². The van der Waals surface area contributed by atoms with Crippen LogP contribution >= 0.6 is 0 Å². The van der Waals surface area contributed by atoms with Crippen LogP contribution < -0.4 is 15.4 Å². The van der Waals surface area contributed by atoms with Crippen LogP contribution in [0.4, 0.5) is 10.1 Å². The van der Waals surface area contributed by atoms with Crippen molar-refractivity contribution in [2.24, 2.45) is 0 Å². The van der Waals surface area contributed by atoms with Crippen molar-refractivity contribution in [1.82, 2.24) is 5.32 Å². The van der Waals surface area contributed by atoms with E-state index in [1.54, 1.807) is 13.8 Å². The molecule has 3 N–H and O–H groups in total. The Morgan fingerprint density at radius 3 is 2.67 bits per heavy atom. The minimum absolute atomic E-state index is 0.159. The van der Waals surface area contributed by atoms with Gasteiger partial charge in [0, 0.05) is 12.6 Å². The number of hydrogen-bond acceptors (Lipinski definition) is 5. The Morgan fingerprint density at radius 2 is 2.00 bits per heavy atom. The Morgan fingerprint density at radius 1 is 1.23 bits per heavy atom. The Bertz CT molecular complexity index is 922. The van der Waals surface area contributed by atoms with Gasteiger partial charge in [-0.1, -0.05) is 24.3 Å². The highest BCUT2D eigenvalue weighted by Crippen LogP contribution is 2.29.